The van der Waals surface area contributed by atoms with Crippen LogP contribution in [-0.2, 0) is 0 Å². The van der Waals surface area contributed by atoms with Gasteiger partial charge in [-0.25, -0.2) is 0 Å². The standard InChI is InChI=1S/C2HF5O.C2H4/c3-1(4,5)2(6,7)8;1-2/h8H;1-2H2. The van der Waals surface area contributed by atoms with Gasteiger partial charge in [0.15, 0.2) is 0 Å². The van der Waals surface area contributed by atoms with Crippen LogP contribution in [0.1, 0.15) is 0 Å². The van der Waals surface area contributed by atoms with Crippen LogP contribution in [0, 0.1) is 0 Å². The molecule has 0 fully saturated rings. The summed E-state index contributed by atoms with van der Waals surface area (Å²) in [4.78, 5) is 0. The molecular weight excluding hydrogens is 159 g/mol. The van der Waals surface area contributed by atoms with Crippen molar-refractivity contribution in [2.75, 3.05) is 0 Å². The van der Waals surface area contributed by atoms with Crippen LogP contribution in [-0.4, -0.2) is 17.4 Å². The van der Waals surface area contributed by atoms with Crippen LogP contribution in [0.25, 0.3) is 0 Å². The lowest BCUT2D eigenvalue weighted by molar-refractivity contribution is -0.374. The fourth-order valence-electron chi connectivity index (χ4n) is 0. The second kappa shape index (κ2) is 3.50. The zero-order valence-electron chi connectivity index (χ0n) is 4.75. The maximum absolute atomic E-state index is 10.7. The van der Waals surface area contributed by atoms with Crippen LogP contribution < -0.4 is 0 Å². The van der Waals surface area contributed by atoms with Gasteiger partial charge in [-0.1, -0.05) is 0 Å². The van der Waals surface area contributed by atoms with Crippen LogP contribution in [0.2, 0.25) is 0 Å². The molecule has 10 heavy (non-hydrogen) atoms. The van der Waals surface area contributed by atoms with Gasteiger partial charge in [0.05, 0.1) is 0 Å². The summed E-state index contributed by atoms with van der Waals surface area (Å²) in [6.07, 6.45) is -11.4. The largest absolute Gasteiger partial charge is 0.482 e. The van der Waals surface area contributed by atoms with Crippen molar-refractivity contribution in [3.05, 3.63) is 13.2 Å². The fraction of sp³-hybridized carbons (Fsp3) is 0.500. The van der Waals surface area contributed by atoms with Crippen molar-refractivity contribution in [2.24, 2.45) is 0 Å². The van der Waals surface area contributed by atoms with E-state index in [2.05, 4.69) is 13.2 Å². The second-order valence-corrected chi connectivity index (χ2v) is 1.04. The summed E-state index contributed by atoms with van der Waals surface area (Å²) in [5.74, 6) is 0. The van der Waals surface area contributed by atoms with E-state index in [0.29, 0.717) is 0 Å². The Morgan fingerprint density at radius 1 is 0.900 bits per heavy atom. The fourth-order valence-corrected chi connectivity index (χ4v) is 0. The molecule has 0 bridgehead atoms. The first-order valence-electron chi connectivity index (χ1n) is 1.92. The first-order valence-corrected chi connectivity index (χ1v) is 1.92. The van der Waals surface area contributed by atoms with Crippen LogP contribution in [0.5, 0.6) is 0 Å². The maximum atomic E-state index is 10.7. The first-order chi connectivity index (χ1) is 4.25. The Morgan fingerprint density at radius 2 is 1.00 bits per heavy atom. The van der Waals surface area contributed by atoms with E-state index < -0.39 is 12.3 Å². The summed E-state index contributed by atoms with van der Waals surface area (Å²) < 4.78 is 53.0. The number of halogens is 5. The molecule has 0 spiro atoms. The van der Waals surface area contributed by atoms with Crippen LogP contribution in [0.15, 0.2) is 13.2 Å². The highest BCUT2D eigenvalue weighted by Crippen LogP contribution is 2.32. The van der Waals surface area contributed by atoms with Gasteiger partial charge < -0.3 is 5.11 Å². The Hall–Kier alpha value is -0.650. The highest BCUT2D eigenvalue weighted by molar-refractivity contribution is 4.59. The summed E-state index contributed by atoms with van der Waals surface area (Å²) in [6.45, 7) is 6.00. The molecule has 0 amide bonds. The molecule has 0 aliphatic carbocycles. The van der Waals surface area contributed by atoms with Crippen LogP contribution in [0.3, 0.4) is 0 Å². The lowest BCUT2D eigenvalue weighted by atomic mass is 10.6. The number of alkyl halides is 5. The summed E-state index contributed by atoms with van der Waals surface area (Å²) in [6, 6.07) is 0. The minimum Gasteiger partial charge on any atom is -0.329 e. The lowest BCUT2D eigenvalue weighted by Crippen LogP contribution is -2.35. The molecule has 0 aromatic rings. The van der Waals surface area contributed by atoms with Gasteiger partial charge in [-0.3, -0.25) is 0 Å². The molecule has 0 aliphatic rings. The van der Waals surface area contributed by atoms with E-state index in [4.69, 9.17) is 5.11 Å². The van der Waals surface area contributed by atoms with Crippen molar-refractivity contribution in [1.29, 1.82) is 0 Å². The normalized spacial score (nSPS) is 11.8. The number of rotatable bonds is 0. The van der Waals surface area contributed by atoms with Gasteiger partial charge >= 0.3 is 12.3 Å². The minimum absolute atomic E-state index is 3.00. The Bertz CT molecular complexity index is 78.8. The van der Waals surface area contributed by atoms with Crippen molar-refractivity contribution in [3.8, 4) is 0 Å². The molecule has 0 saturated carbocycles. The van der Waals surface area contributed by atoms with E-state index in [1.807, 2.05) is 0 Å². The van der Waals surface area contributed by atoms with E-state index in [0.717, 1.165) is 0 Å². The molecule has 0 heterocycles. The first kappa shape index (κ1) is 12.1. The minimum atomic E-state index is -5.84. The van der Waals surface area contributed by atoms with Gasteiger partial charge in [0.2, 0.25) is 0 Å². The highest BCUT2D eigenvalue weighted by atomic mass is 19.4. The molecule has 62 valence electrons. The zero-order valence-corrected chi connectivity index (χ0v) is 4.75. The topological polar surface area (TPSA) is 20.2 Å². The molecule has 1 N–H and O–H groups in total. The summed E-state index contributed by atoms with van der Waals surface area (Å²) in [7, 11) is 0. The van der Waals surface area contributed by atoms with Crippen molar-refractivity contribution < 1.29 is 27.1 Å². The SMILES string of the molecule is C=C.OC(F)(F)C(F)(F)F. The molecule has 0 aromatic carbocycles. The molecule has 1 nitrogen and oxygen atoms in total. The smallest absolute Gasteiger partial charge is 0.329 e. The van der Waals surface area contributed by atoms with Crippen molar-refractivity contribution >= 4 is 0 Å². The molecule has 0 aromatic heterocycles. The maximum Gasteiger partial charge on any atom is 0.482 e. The van der Waals surface area contributed by atoms with Gasteiger partial charge in [0, 0.05) is 0 Å². The number of hydrogen-bond donors (Lipinski definition) is 1. The van der Waals surface area contributed by atoms with E-state index in [9.17, 15) is 22.0 Å². The highest BCUT2D eigenvalue weighted by Gasteiger charge is 2.56. The summed E-state index contributed by atoms with van der Waals surface area (Å²) >= 11 is 0. The van der Waals surface area contributed by atoms with E-state index >= 15 is 0 Å². The average molecular weight is 164 g/mol. The molecule has 0 unspecified atom stereocenters. The lowest BCUT2D eigenvalue weighted by Gasteiger charge is -2.10. The van der Waals surface area contributed by atoms with Gasteiger partial charge in [-0.05, 0) is 0 Å². The molecular formula is C4H5F5O. The summed E-state index contributed by atoms with van der Waals surface area (Å²) in [5, 5.41) is 6.90. The van der Waals surface area contributed by atoms with Crippen molar-refractivity contribution in [3.63, 3.8) is 0 Å². The molecule has 0 aliphatic heterocycles. The molecule has 0 saturated heterocycles. The Balaban J connectivity index is 0. The third kappa shape index (κ3) is 4.25. The quantitative estimate of drug-likeness (QED) is 0.428. The second-order valence-electron chi connectivity index (χ2n) is 1.04. The average Bonchev–Trinajstić information content (AvgIpc) is 1.66. The van der Waals surface area contributed by atoms with Crippen LogP contribution in [0.4, 0.5) is 22.0 Å². The Morgan fingerprint density at radius 3 is 1.00 bits per heavy atom. The van der Waals surface area contributed by atoms with Gasteiger partial charge in [-0.15, -0.1) is 13.2 Å². The molecule has 6 heteroatoms. The van der Waals surface area contributed by atoms with E-state index in [1.54, 1.807) is 0 Å². The van der Waals surface area contributed by atoms with Crippen molar-refractivity contribution in [2.45, 2.75) is 12.3 Å². The predicted octanol–water partition coefficient (Wildman–Crippen LogP) is 1.94. The Kier molecular flexibility index (Phi) is 4.23. The monoisotopic (exact) mass is 164 g/mol. The van der Waals surface area contributed by atoms with Crippen molar-refractivity contribution in [1.82, 2.24) is 0 Å². The predicted molar refractivity (Wildman–Crippen MR) is 24.5 cm³/mol. The summed E-state index contributed by atoms with van der Waals surface area (Å²) in [5.41, 5.74) is 0. The molecule has 0 atom stereocenters. The van der Waals surface area contributed by atoms with Gasteiger partial charge in [0.1, 0.15) is 0 Å². The van der Waals surface area contributed by atoms with E-state index in [1.165, 1.54) is 0 Å². The third-order valence-corrected chi connectivity index (χ3v) is 0.341. The number of aliphatic hydroxyl groups is 1. The molecule has 0 rings (SSSR count). The van der Waals surface area contributed by atoms with Crippen LogP contribution >= 0.6 is 0 Å². The molecule has 0 radical (unpaired) electrons. The number of hydrogen-bond acceptors (Lipinski definition) is 1. The van der Waals surface area contributed by atoms with Gasteiger partial charge in [-0.2, -0.15) is 22.0 Å². The Labute approximate surface area is 53.8 Å². The van der Waals surface area contributed by atoms with Gasteiger partial charge in [0.25, 0.3) is 0 Å². The zero-order chi connectivity index (χ0) is 9.00. The van der Waals surface area contributed by atoms with E-state index in [-0.39, 0.29) is 0 Å². The third-order valence-electron chi connectivity index (χ3n) is 0.341.